The highest BCUT2D eigenvalue weighted by Crippen LogP contribution is 2.45. The van der Waals surface area contributed by atoms with Crippen molar-refractivity contribution >= 4 is 22.1 Å². The van der Waals surface area contributed by atoms with Crippen LogP contribution < -0.4 is 0 Å². The number of nitrogens with one attached hydrogen (secondary N) is 2. The SMILES string of the molecule is CCc1c(CC)c2cc3[nH]c(cc4nc(cc5nc(cc1[nH]2)[C@@H](CC)[C@@H]5CC)[C@H](CC)[C@@H]4CC)c(CC)c3CC. The number of aromatic amines is 2. The van der Waals surface area contributed by atoms with Gasteiger partial charge in [0.1, 0.15) is 0 Å². The van der Waals surface area contributed by atoms with Crippen LogP contribution in [-0.4, -0.2) is 19.9 Å². The zero-order valence-electron chi connectivity index (χ0n) is 26.2. The van der Waals surface area contributed by atoms with Crippen LogP contribution in [0.25, 0.3) is 22.1 Å². The highest BCUT2D eigenvalue weighted by Gasteiger charge is 2.33. The van der Waals surface area contributed by atoms with Gasteiger partial charge in [-0.1, -0.05) is 55.4 Å². The molecule has 2 aliphatic heterocycles. The largest absolute Gasteiger partial charge is 0.355 e. The topological polar surface area (TPSA) is 57.4 Å². The molecule has 0 amide bonds. The van der Waals surface area contributed by atoms with Crippen molar-refractivity contribution in [2.45, 2.75) is 130 Å². The van der Waals surface area contributed by atoms with E-state index in [1.165, 1.54) is 67.1 Å². The quantitative estimate of drug-likeness (QED) is 0.300. The number of hydrogen-bond acceptors (Lipinski definition) is 2. The van der Waals surface area contributed by atoms with Gasteiger partial charge in [-0.25, -0.2) is 0 Å². The molecule has 4 heteroatoms. The van der Waals surface area contributed by atoms with Gasteiger partial charge in [0.05, 0.1) is 0 Å². The molecule has 214 valence electrons. The van der Waals surface area contributed by atoms with E-state index in [1.54, 1.807) is 0 Å². The Morgan fingerprint density at radius 2 is 0.700 bits per heavy atom. The third kappa shape index (κ3) is 4.72. The molecule has 0 aromatic carbocycles. The van der Waals surface area contributed by atoms with Crippen molar-refractivity contribution < 1.29 is 0 Å². The third-order valence-electron chi connectivity index (χ3n) is 9.92. The van der Waals surface area contributed by atoms with Crippen molar-refractivity contribution in [2.75, 3.05) is 0 Å². The lowest BCUT2D eigenvalue weighted by atomic mass is 9.83. The molecule has 0 spiro atoms. The summed E-state index contributed by atoms with van der Waals surface area (Å²) in [6, 6.07) is 9.52. The predicted octanol–water partition coefficient (Wildman–Crippen LogP) is 9.94. The molecule has 8 bridgehead atoms. The average Bonchev–Trinajstić information content (AvgIpc) is 3.67. The zero-order chi connectivity index (χ0) is 28.6. The standard InChI is InChI=1S/C36H50N4/c1-9-21-22(10-2)30-18-32-25(13-5)26(14-6)34(39-32)20-36-28(16-8)27(15-7)35(40-36)19-33-24(12-4)23(11-3)31(38-33)17-29(21)37-30/h17-24,39-40H,9-16H2,1-8H3/t21-,22-,23+,24-/m0/s1. The summed E-state index contributed by atoms with van der Waals surface area (Å²) in [7, 11) is 0. The Bertz CT molecular complexity index is 1410. The second-order valence-corrected chi connectivity index (χ2v) is 11.8. The Kier molecular flexibility index (Phi) is 8.54. The summed E-state index contributed by atoms with van der Waals surface area (Å²) >= 11 is 0. The highest BCUT2D eigenvalue weighted by atomic mass is 14.8. The van der Waals surface area contributed by atoms with E-state index in [0.717, 1.165) is 51.4 Å². The molecule has 2 N–H and O–H groups in total. The normalized spacial score (nSPS) is 20.8. The van der Waals surface area contributed by atoms with Crippen molar-refractivity contribution in [1.29, 1.82) is 0 Å². The number of fused-ring (bicyclic) bond motifs is 8. The fourth-order valence-corrected chi connectivity index (χ4v) is 7.93. The molecule has 4 nitrogen and oxygen atoms in total. The number of hydrogen-bond donors (Lipinski definition) is 2. The molecule has 0 saturated heterocycles. The van der Waals surface area contributed by atoms with E-state index in [2.05, 4.69) is 89.6 Å². The van der Waals surface area contributed by atoms with Gasteiger partial charge in [-0.05, 0) is 97.9 Å². The Morgan fingerprint density at radius 1 is 0.425 bits per heavy atom. The van der Waals surface area contributed by atoms with Crippen LogP contribution in [0.5, 0.6) is 0 Å². The van der Waals surface area contributed by atoms with Gasteiger partial charge >= 0.3 is 0 Å². The molecule has 3 aromatic heterocycles. The van der Waals surface area contributed by atoms with Crippen molar-refractivity contribution in [1.82, 2.24) is 19.9 Å². The summed E-state index contributed by atoms with van der Waals surface area (Å²) in [5, 5.41) is 0. The summed E-state index contributed by atoms with van der Waals surface area (Å²) in [5.41, 5.74) is 15.6. The first-order valence-corrected chi connectivity index (χ1v) is 16.2. The van der Waals surface area contributed by atoms with Gasteiger partial charge in [-0.2, -0.15) is 0 Å². The summed E-state index contributed by atoms with van der Waals surface area (Å²) < 4.78 is 0. The Labute approximate surface area is 241 Å². The van der Waals surface area contributed by atoms with Crippen molar-refractivity contribution in [2.24, 2.45) is 0 Å². The summed E-state index contributed by atoms with van der Waals surface area (Å²) in [6.45, 7) is 18.4. The highest BCUT2D eigenvalue weighted by molar-refractivity contribution is 5.79. The lowest BCUT2D eigenvalue weighted by Crippen LogP contribution is -2.05. The van der Waals surface area contributed by atoms with Crippen molar-refractivity contribution in [3.8, 4) is 0 Å². The van der Waals surface area contributed by atoms with Gasteiger partial charge in [-0.15, -0.1) is 0 Å². The summed E-state index contributed by atoms with van der Waals surface area (Å²) in [6.07, 6.45) is 8.46. The molecular formula is C36H50N4. The second-order valence-electron chi connectivity index (χ2n) is 11.8. The zero-order valence-corrected chi connectivity index (χ0v) is 26.2. The molecule has 40 heavy (non-hydrogen) atoms. The fraction of sp³-hybridized carbons (Fsp3) is 0.556. The third-order valence-corrected chi connectivity index (χ3v) is 9.92. The van der Waals surface area contributed by atoms with Crippen LogP contribution in [0.1, 0.15) is 150 Å². The van der Waals surface area contributed by atoms with Gasteiger partial charge in [0.2, 0.25) is 0 Å². The van der Waals surface area contributed by atoms with Crippen LogP contribution in [0, 0.1) is 0 Å². The lowest BCUT2D eigenvalue weighted by Gasteiger charge is -2.18. The monoisotopic (exact) mass is 538 g/mol. The number of nitrogens with zero attached hydrogens (tertiary/aromatic N) is 2. The lowest BCUT2D eigenvalue weighted by molar-refractivity contribution is 0.523. The van der Waals surface area contributed by atoms with E-state index < -0.39 is 0 Å². The molecule has 3 aromatic rings. The van der Waals surface area contributed by atoms with E-state index in [-0.39, 0.29) is 0 Å². The molecule has 0 unspecified atom stereocenters. The molecule has 0 saturated carbocycles. The molecular weight excluding hydrogens is 488 g/mol. The molecule has 5 rings (SSSR count). The average molecular weight is 539 g/mol. The minimum absolute atomic E-state index is 0.445. The Balaban J connectivity index is 1.98. The molecule has 4 atom stereocenters. The van der Waals surface area contributed by atoms with Crippen LogP contribution in [0.4, 0.5) is 0 Å². The van der Waals surface area contributed by atoms with Crippen molar-refractivity contribution in [3.05, 3.63) is 69.3 Å². The first-order chi connectivity index (χ1) is 19.5. The number of aromatic nitrogens is 4. The van der Waals surface area contributed by atoms with Gasteiger partial charge in [0.15, 0.2) is 0 Å². The van der Waals surface area contributed by atoms with Gasteiger partial charge in [0, 0.05) is 68.5 Å². The van der Waals surface area contributed by atoms with Crippen LogP contribution in [0.2, 0.25) is 0 Å². The van der Waals surface area contributed by atoms with Crippen LogP contribution in [-0.2, 0) is 25.7 Å². The Morgan fingerprint density at radius 3 is 0.975 bits per heavy atom. The molecule has 0 fully saturated rings. The van der Waals surface area contributed by atoms with Crippen LogP contribution >= 0.6 is 0 Å². The molecule has 0 radical (unpaired) electrons. The van der Waals surface area contributed by atoms with Crippen LogP contribution in [0.3, 0.4) is 0 Å². The first kappa shape index (κ1) is 28.6. The Hall–Kier alpha value is -2.88. The predicted molar refractivity (Wildman–Crippen MR) is 171 cm³/mol. The summed E-state index contributed by atoms with van der Waals surface area (Å²) in [5.74, 6) is 1.78. The smallest absolute Gasteiger partial charge is 0.0465 e. The van der Waals surface area contributed by atoms with E-state index in [1.807, 2.05) is 0 Å². The minimum atomic E-state index is 0.445. The van der Waals surface area contributed by atoms with Gasteiger partial charge < -0.3 is 9.97 Å². The van der Waals surface area contributed by atoms with E-state index in [9.17, 15) is 0 Å². The number of rotatable bonds is 8. The molecule has 0 aliphatic carbocycles. The maximum Gasteiger partial charge on any atom is 0.0465 e. The molecule has 5 heterocycles. The summed E-state index contributed by atoms with van der Waals surface area (Å²) in [4.78, 5) is 18.5. The minimum Gasteiger partial charge on any atom is -0.355 e. The van der Waals surface area contributed by atoms with Crippen molar-refractivity contribution in [3.63, 3.8) is 0 Å². The fourth-order valence-electron chi connectivity index (χ4n) is 7.93. The maximum atomic E-state index is 5.38. The van der Waals surface area contributed by atoms with Crippen LogP contribution in [0.15, 0.2) is 24.3 Å². The van der Waals surface area contributed by atoms with Gasteiger partial charge in [-0.3, -0.25) is 9.97 Å². The maximum absolute atomic E-state index is 5.38. The second kappa shape index (κ2) is 11.9. The number of aryl methyl sites for hydroxylation is 4. The first-order valence-electron chi connectivity index (χ1n) is 16.2. The van der Waals surface area contributed by atoms with E-state index in [0.29, 0.717) is 23.7 Å². The molecule has 2 aliphatic rings. The van der Waals surface area contributed by atoms with Gasteiger partial charge in [0.25, 0.3) is 0 Å². The number of H-pyrrole nitrogens is 2. The van der Waals surface area contributed by atoms with E-state index in [4.69, 9.17) is 9.97 Å². The van der Waals surface area contributed by atoms with E-state index >= 15 is 0 Å².